The van der Waals surface area contributed by atoms with E-state index in [1.807, 2.05) is 6.07 Å². The number of benzene rings is 1. The van der Waals surface area contributed by atoms with Gasteiger partial charge in [0.05, 0.1) is 11.0 Å². The van der Waals surface area contributed by atoms with Gasteiger partial charge in [-0.05, 0) is 45.0 Å². The van der Waals surface area contributed by atoms with Gasteiger partial charge in [-0.1, -0.05) is 0 Å². The van der Waals surface area contributed by atoms with Crippen molar-refractivity contribution in [1.82, 2.24) is 14.5 Å². The molecule has 114 valence electrons. The van der Waals surface area contributed by atoms with E-state index in [1.54, 1.807) is 0 Å². The molecule has 1 aliphatic rings. The second kappa shape index (κ2) is 6.32. The van der Waals surface area contributed by atoms with Crippen molar-refractivity contribution >= 4 is 22.6 Å². The van der Waals surface area contributed by atoms with Crippen LogP contribution in [0.2, 0.25) is 0 Å². The van der Waals surface area contributed by atoms with Crippen LogP contribution in [0.4, 0.5) is 4.39 Å². The summed E-state index contributed by atoms with van der Waals surface area (Å²) < 4.78 is 15.6. The molecular formula is C16H21ClFN3. The van der Waals surface area contributed by atoms with Crippen molar-refractivity contribution in [3.05, 3.63) is 29.8 Å². The summed E-state index contributed by atoms with van der Waals surface area (Å²) in [7, 11) is 0. The Hall–Kier alpha value is -1.13. The zero-order valence-electron chi connectivity index (χ0n) is 12.4. The molecule has 1 aromatic heterocycles. The van der Waals surface area contributed by atoms with Crippen molar-refractivity contribution in [2.24, 2.45) is 0 Å². The van der Waals surface area contributed by atoms with E-state index in [1.165, 1.54) is 38.1 Å². The Kier molecular flexibility index (Phi) is 4.45. The van der Waals surface area contributed by atoms with E-state index in [0.717, 1.165) is 23.4 Å². The molecule has 2 heterocycles. The largest absolute Gasteiger partial charge is 0.326 e. The Balaban J connectivity index is 1.92. The Bertz CT molecular complexity index is 619. The number of nitrogens with zero attached hydrogens (tertiary/aromatic N) is 3. The van der Waals surface area contributed by atoms with Gasteiger partial charge in [-0.3, -0.25) is 4.90 Å². The Morgan fingerprint density at radius 2 is 2.10 bits per heavy atom. The number of aromatic nitrogens is 2. The average Bonchev–Trinajstić information content (AvgIpc) is 3.08. The lowest BCUT2D eigenvalue weighted by Crippen LogP contribution is -2.34. The highest BCUT2D eigenvalue weighted by Crippen LogP contribution is 2.21. The molecule has 3 rings (SSSR count). The minimum Gasteiger partial charge on any atom is -0.326 e. The van der Waals surface area contributed by atoms with Gasteiger partial charge in [0.25, 0.3) is 0 Å². The molecule has 1 aliphatic heterocycles. The molecule has 1 saturated heterocycles. The van der Waals surface area contributed by atoms with E-state index < -0.39 is 0 Å². The van der Waals surface area contributed by atoms with Gasteiger partial charge in [-0.2, -0.15) is 0 Å². The standard InChI is InChI=1S/C16H21ClFN3/c1-12(20-8-2-3-9-20)11-21-15-5-4-13(18)10-14(15)19-16(21)6-7-17/h4-5,10,12H,2-3,6-9,11H2,1H3. The Labute approximate surface area is 129 Å². The number of imidazole rings is 1. The lowest BCUT2D eigenvalue weighted by Gasteiger charge is -2.25. The molecule has 21 heavy (non-hydrogen) atoms. The van der Waals surface area contributed by atoms with Gasteiger partial charge in [0, 0.05) is 31.0 Å². The summed E-state index contributed by atoms with van der Waals surface area (Å²) >= 11 is 5.89. The van der Waals surface area contributed by atoms with Crippen LogP contribution in [0.5, 0.6) is 0 Å². The van der Waals surface area contributed by atoms with E-state index in [9.17, 15) is 4.39 Å². The maximum absolute atomic E-state index is 13.4. The first kappa shape index (κ1) is 14.8. The zero-order chi connectivity index (χ0) is 14.8. The van der Waals surface area contributed by atoms with Crippen LogP contribution in [0.3, 0.4) is 0 Å². The number of fused-ring (bicyclic) bond motifs is 1. The van der Waals surface area contributed by atoms with Crippen LogP contribution in [0.25, 0.3) is 11.0 Å². The summed E-state index contributed by atoms with van der Waals surface area (Å²) in [5.41, 5.74) is 1.73. The number of halogens is 2. The lowest BCUT2D eigenvalue weighted by molar-refractivity contribution is 0.236. The van der Waals surface area contributed by atoms with Crippen molar-refractivity contribution in [1.29, 1.82) is 0 Å². The van der Waals surface area contributed by atoms with Crippen LogP contribution >= 0.6 is 11.6 Å². The fourth-order valence-corrected chi connectivity index (χ4v) is 3.36. The van der Waals surface area contributed by atoms with Gasteiger partial charge in [0.15, 0.2) is 0 Å². The second-order valence-corrected chi connectivity index (χ2v) is 6.18. The number of likely N-dealkylation sites (tertiary alicyclic amines) is 1. The minimum absolute atomic E-state index is 0.239. The minimum atomic E-state index is -0.239. The lowest BCUT2D eigenvalue weighted by atomic mass is 10.2. The molecule has 2 aromatic rings. The molecule has 0 radical (unpaired) electrons. The maximum Gasteiger partial charge on any atom is 0.125 e. The number of hydrogen-bond acceptors (Lipinski definition) is 2. The van der Waals surface area contributed by atoms with Gasteiger partial charge in [-0.15, -0.1) is 11.6 Å². The fourth-order valence-electron chi connectivity index (χ4n) is 3.19. The highest BCUT2D eigenvalue weighted by Gasteiger charge is 2.20. The normalized spacial score (nSPS) is 17.7. The molecule has 1 fully saturated rings. The molecule has 0 spiro atoms. The predicted molar refractivity (Wildman–Crippen MR) is 84.4 cm³/mol. The molecule has 0 saturated carbocycles. The third-order valence-corrected chi connectivity index (χ3v) is 4.51. The molecule has 3 nitrogen and oxygen atoms in total. The second-order valence-electron chi connectivity index (χ2n) is 5.80. The Morgan fingerprint density at radius 3 is 2.81 bits per heavy atom. The molecule has 1 atom stereocenters. The van der Waals surface area contributed by atoms with E-state index in [0.29, 0.717) is 18.3 Å². The summed E-state index contributed by atoms with van der Waals surface area (Å²) in [5, 5.41) is 0. The first-order valence-corrected chi connectivity index (χ1v) is 8.17. The third kappa shape index (κ3) is 3.06. The summed E-state index contributed by atoms with van der Waals surface area (Å²) in [6, 6.07) is 5.30. The number of aryl methyl sites for hydroxylation is 1. The number of alkyl halides is 1. The number of hydrogen-bond donors (Lipinski definition) is 0. The maximum atomic E-state index is 13.4. The summed E-state index contributed by atoms with van der Waals surface area (Å²) in [5.74, 6) is 1.25. The van der Waals surface area contributed by atoms with Gasteiger partial charge in [-0.25, -0.2) is 9.37 Å². The van der Waals surface area contributed by atoms with Crippen molar-refractivity contribution in [3.63, 3.8) is 0 Å². The summed E-state index contributed by atoms with van der Waals surface area (Å²) in [6.45, 7) is 5.49. The van der Waals surface area contributed by atoms with E-state index in [-0.39, 0.29) is 5.82 Å². The van der Waals surface area contributed by atoms with Crippen LogP contribution in [-0.2, 0) is 13.0 Å². The van der Waals surface area contributed by atoms with Crippen LogP contribution in [0, 0.1) is 5.82 Å². The molecule has 1 unspecified atom stereocenters. The highest BCUT2D eigenvalue weighted by atomic mass is 35.5. The first-order valence-electron chi connectivity index (χ1n) is 7.63. The van der Waals surface area contributed by atoms with Crippen LogP contribution in [0.1, 0.15) is 25.6 Å². The van der Waals surface area contributed by atoms with Gasteiger partial charge in [0.2, 0.25) is 0 Å². The quantitative estimate of drug-likeness (QED) is 0.789. The van der Waals surface area contributed by atoms with E-state index >= 15 is 0 Å². The van der Waals surface area contributed by atoms with Crippen molar-refractivity contribution in [2.75, 3.05) is 19.0 Å². The van der Waals surface area contributed by atoms with Gasteiger partial charge < -0.3 is 4.57 Å². The predicted octanol–water partition coefficient (Wildman–Crippen LogP) is 3.44. The van der Waals surface area contributed by atoms with Crippen molar-refractivity contribution in [2.45, 2.75) is 38.8 Å². The van der Waals surface area contributed by atoms with E-state index in [2.05, 4.69) is 21.4 Å². The highest BCUT2D eigenvalue weighted by molar-refractivity contribution is 6.17. The fraction of sp³-hybridized carbons (Fsp3) is 0.562. The van der Waals surface area contributed by atoms with Crippen LogP contribution in [-0.4, -0.2) is 39.5 Å². The molecule has 5 heteroatoms. The summed E-state index contributed by atoms with van der Waals surface area (Å²) in [4.78, 5) is 7.08. The Morgan fingerprint density at radius 1 is 1.33 bits per heavy atom. The molecule has 0 aliphatic carbocycles. The van der Waals surface area contributed by atoms with Gasteiger partial charge in [0.1, 0.15) is 11.6 Å². The molecular weight excluding hydrogens is 289 g/mol. The third-order valence-electron chi connectivity index (χ3n) is 4.32. The summed E-state index contributed by atoms with van der Waals surface area (Å²) in [6.07, 6.45) is 3.29. The average molecular weight is 310 g/mol. The smallest absolute Gasteiger partial charge is 0.125 e. The molecule has 0 bridgehead atoms. The van der Waals surface area contributed by atoms with Crippen LogP contribution < -0.4 is 0 Å². The van der Waals surface area contributed by atoms with Crippen molar-refractivity contribution in [3.8, 4) is 0 Å². The SMILES string of the molecule is CC(Cn1c(CCCl)nc2cc(F)ccc21)N1CCCC1. The van der Waals surface area contributed by atoms with E-state index in [4.69, 9.17) is 11.6 Å². The first-order chi connectivity index (χ1) is 10.2. The van der Waals surface area contributed by atoms with Gasteiger partial charge >= 0.3 is 0 Å². The number of rotatable bonds is 5. The molecule has 0 amide bonds. The topological polar surface area (TPSA) is 21.1 Å². The molecule has 1 aromatic carbocycles. The molecule has 0 N–H and O–H groups in total. The van der Waals surface area contributed by atoms with Crippen molar-refractivity contribution < 1.29 is 4.39 Å². The monoisotopic (exact) mass is 309 g/mol. The van der Waals surface area contributed by atoms with Crippen LogP contribution in [0.15, 0.2) is 18.2 Å². The zero-order valence-corrected chi connectivity index (χ0v) is 13.1.